The van der Waals surface area contributed by atoms with Crippen LogP contribution in [-0.4, -0.2) is 37.8 Å². The van der Waals surface area contributed by atoms with Gasteiger partial charge in [0, 0.05) is 18.6 Å². The average Bonchev–Trinajstić information content (AvgIpc) is 2.75. The molecule has 0 fully saturated rings. The minimum absolute atomic E-state index is 0.219. The Morgan fingerprint density at radius 3 is 2.17 bits per heavy atom. The molecule has 0 spiro atoms. The van der Waals surface area contributed by atoms with Crippen molar-refractivity contribution >= 4 is 28.3 Å². The fourth-order valence-corrected chi connectivity index (χ4v) is 3.04. The molecule has 0 saturated carbocycles. The lowest BCUT2D eigenvalue weighted by Crippen LogP contribution is -2.22. The first-order valence-corrected chi connectivity index (χ1v) is 8.65. The molecule has 8 heteroatoms. The number of ether oxygens (including phenoxy) is 3. The van der Waals surface area contributed by atoms with E-state index >= 15 is 0 Å². The number of benzene rings is 2. The molecule has 3 rings (SSSR count). The van der Waals surface area contributed by atoms with Crippen LogP contribution in [0.5, 0.6) is 11.5 Å². The van der Waals surface area contributed by atoms with Crippen molar-refractivity contribution in [2.45, 2.75) is 0 Å². The summed E-state index contributed by atoms with van der Waals surface area (Å²) < 4.78 is 16.6. The molecule has 1 heterocycles. The lowest BCUT2D eigenvalue weighted by Gasteiger charge is -2.14. The van der Waals surface area contributed by atoms with Crippen LogP contribution in [0.4, 0.5) is 5.69 Å². The number of nitrogens with one attached hydrogen (secondary N) is 1. The first kappa shape index (κ1) is 19.9. The number of fused-ring (bicyclic) bond motifs is 1. The highest BCUT2D eigenvalue weighted by Crippen LogP contribution is 2.32. The van der Waals surface area contributed by atoms with Crippen molar-refractivity contribution in [1.29, 1.82) is 0 Å². The van der Waals surface area contributed by atoms with Crippen molar-refractivity contribution in [3.8, 4) is 11.5 Å². The number of rotatable bonds is 5. The van der Waals surface area contributed by atoms with Gasteiger partial charge in [0.2, 0.25) is 0 Å². The summed E-state index contributed by atoms with van der Waals surface area (Å²) in [5.74, 6) is -0.297. The summed E-state index contributed by atoms with van der Waals surface area (Å²) in [5.41, 5.74) is 0.471. The Balaban J connectivity index is 2.15. The average molecular weight is 396 g/mol. The molecule has 0 aliphatic heterocycles. The number of aromatic nitrogens is 1. The molecule has 0 aliphatic carbocycles. The van der Waals surface area contributed by atoms with E-state index in [4.69, 9.17) is 14.2 Å². The van der Waals surface area contributed by atoms with Crippen LogP contribution in [0, 0.1) is 0 Å². The smallest absolute Gasteiger partial charge is 0.339 e. The van der Waals surface area contributed by atoms with E-state index < -0.39 is 11.9 Å². The first-order chi connectivity index (χ1) is 13.9. The van der Waals surface area contributed by atoms with Crippen LogP contribution in [0.2, 0.25) is 0 Å². The number of esters is 1. The number of aryl methyl sites for hydroxylation is 1. The summed E-state index contributed by atoms with van der Waals surface area (Å²) in [6.07, 6.45) is 1.44. The van der Waals surface area contributed by atoms with Gasteiger partial charge >= 0.3 is 5.97 Å². The predicted molar refractivity (Wildman–Crippen MR) is 108 cm³/mol. The fourth-order valence-electron chi connectivity index (χ4n) is 3.04. The van der Waals surface area contributed by atoms with Crippen LogP contribution in [0.1, 0.15) is 20.7 Å². The van der Waals surface area contributed by atoms with Crippen LogP contribution in [-0.2, 0) is 11.8 Å². The number of carbonyl (C=O) groups excluding carboxylic acids is 2. The van der Waals surface area contributed by atoms with Crippen molar-refractivity contribution in [2.75, 3.05) is 26.6 Å². The molecule has 1 N–H and O–H groups in total. The zero-order valence-electron chi connectivity index (χ0n) is 16.4. The number of para-hydroxylation sites is 1. The molecule has 0 saturated heterocycles. The third-order valence-electron chi connectivity index (χ3n) is 4.51. The summed E-state index contributed by atoms with van der Waals surface area (Å²) in [7, 11) is 5.75. The first-order valence-electron chi connectivity index (χ1n) is 8.65. The van der Waals surface area contributed by atoms with Gasteiger partial charge in [-0.05, 0) is 24.3 Å². The van der Waals surface area contributed by atoms with Crippen LogP contribution in [0.25, 0.3) is 10.8 Å². The quantitative estimate of drug-likeness (QED) is 0.666. The van der Waals surface area contributed by atoms with E-state index in [0.29, 0.717) is 28.0 Å². The zero-order chi connectivity index (χ0) is 21.1. The second-order valence-electron chi connectivity index (χ2n) is 6.20. The van der Waals surface area contributed by atoms with Gasteiger partial charge in [0.05, 0.1) is 43.5 Å². The highest BCUT2D eigenvalue weighted by Gasteiger charge is 2.19. The molecule has 0 bridgehead atoms. The molecule has 0 radical (unpaired) electrons. The van der Waals surface area contributed by atoms with Gasteiger partial charge in [0.25, 0.3) is 11.5 Å². The van der Waals surface area contributed by atoms with Crippen LogP contribution < -0.4 is 20.3 Å². The van der Waals surface area contributed by atoms with Gasteiger partial charge < -0.3 is 24.1 Å². The molecule has 0 aliphatic rings. The Morgan fingerprint density at radius 2 is 1.55 bits per heavy atom. The lowest BCUT2D eigenvalue weighted by atomic mass is 10.0. The van der Waals surface area contributed by atoms with Gasteiger partial charge in [-0.25, -0.2) is 4.79 Å². The third-order valence-corrected chi connectivity index (χ3v) is 4.51. The number of amides is 1. The summed E-state index contributed by atoms with van der Waals surface area (Å²) >= 11 is 0. The molecule has 3 aromatic rings. The second kappa shape index (κ2) is 8.05. The molecular formula is C21H20N2O6. The molecular weight excluding hydrogens is 376 g/mol. The number of nitrogens with zero attached hydrogens (tertiary/aromatic N) is 1. The minimum Gasteiger partial charge on any atom is -0.493 e. The van der Waals surface area contributed by atoms with Crippen LogP contribution in [0.15, 0.2) is 47.4 Å². The Kier molecular flexibility index (Phi) is 5.54. The van der Waals surface area contributed by atoms with Gasteiger partial charge in [-0.2, -0.15) is 0 Å². The molecule has 2 aromatic carbocycles. The molecule has 0 unspecified atom stereocenters. The summed E-state index contributed by atoms with van der Waals surface area (Å²) in [5, 5.41) is 3.43. The molecule has 150 valence electrons. The van der Waals surface area contributed by atoms with Gasteiger partial charge in [-0.15, -0.1) is 0 Å². The molecule has 8 nitrogen and oxygen atoms in total. The Hall–Kier alpha value is -3.81. The maximum Gasteiger partial charge on any atom is 0.339 e. The van der Waals surface area contributed by atoms with Gasteiger partial charge in [0.1, 0.15) is 0 Å². The molecule has 29 heavy (non-hydrogen) atoms. The number of hydrogen-bond donors (Lipinski definition) is 1. The standard InChI is InChI=1S/C21H20N2O6/c1-23-11-15(13-9-17(27-2)18(28-3)10-14(13)20(23)25)19(24)22-16-8-6-5-7-12(16)21(26)29-4/h5-11H,1-4H3,(H,22,24). The van der Waals surface area contributed by atoms with Crippen LogP contribution in [0.3, 0.4) is 0 Å². The van der Waals surface area contributed by atoms with Crippen molar-refractivity contribution < 1.29 is 23.8 Å². The summed E-state index contributed by atoms with van der Waals surface area (Å²) in [4.78, 5) is 37.6. The minimum atomic E-state index is -0.572. The highest BCUT2D eigenvalue weighted by atomic mass is 16.5. The molecule has 0 atom stereocenters. The van der Waals surface area contributed by atoms with E-state index in [-0.39, 0.29) is 16.7 Å². The molecule has 1 amide bonds. The largest absolute Gasteiger partial charge is 0.493 e. The second-order valence-corrected chi connectivity index (χ2v) is 6.20. The fraction of sp³-hybridized carbons (Fsp3) is 0.190. The SMILES string of the molecule is COC(=O)c1ccccc1NC(=O)c1cn(C)c(=O)c2cc(OC)c(OC)cc12. The van der Waals surface area contributed by atoms with Crippen molar-refractivity contribution in [3.05, 3.63) is 64.1 Å². The van der Waals surface area contributed by atoms with E-state index in [2.05, 4.69) is 5.32 Å². The number of methoxy groups -OCH3 is 3. The zero-order valence-corrected chi connectivity index (χ0v) is 16.4. The number of hydrogen-bond acceptors (Lipinski definition) is 6. The Morgan fingerprint density at radius 1 is 0.931 bits per heavy atom. The van der Waals surface area contributed by atoms with E-state index in [1.807, 2.05) is 0 Å². The predicted octanol–water partition coefficient (Wildman–Crippen LogP) is 2.59. The number of carbonyl (C=O) groups is 2. The summed E-state index contributed by atoms with van der Waals surface area (Å²) in [6, 6.07) is 9.62. The summed E-state index contributed by atoms with van der Waals surface area (Å²) in [6.45, 7) is 0. The van der Waals surface area contributed by atoms with Crippen LogP contribution >= 0.6 is 0 Å². The normalized spacial score (nSPS) is 10.5. The van der Waals surface area contributed by atoms with Gasteiger partial charge in [-0.1, -0.05) is 12.1 Å². The maximum atomic E-state index is 13.1. The lowest BCUT2D eigenvalue weighted by molar-refractivity contribution is 0.0602. The number of pyridine rings is 1. The van der Waals surface area contributed by atoms with Crippen molar-refractivity contribution in [2.24, 2.45) is 7.05 Å². The van der Waals surface area contributed by atoms with Gasteiger partial charge in [0.15, 0.2) is 11.5 Å². The van der Waals surface area contributed by atoms with E-state index in [9.17, 15) is 14.4 Å². The van der Waals surface area contributed by atoms with Crippen molar-refractivity contribution in [3.63, 3.8) is 0 Å². The molecule has 1 aromatic heterocycles. The Bertz CT molecular complexity index is 1170. The Labute approximate surface area is 166 Å². The van der Waals surface area contributed by atoms with E-state index in [1.54, 1.807) is 37.4 Å². The van der Waals surface area contributed by atoms with E-state index in [1.165, 1.54) is 38.2 Å². The van der Waals surface area contributed by atoms with Crippen molar-refractivity contribution in [1.82, 2.24) is 4.57 Å². The monoisotopic (exact) mass is 396 g/mol. The third kappa shape index (κ3) is 3.64. The highest BCUT2D eigenvalue weighted by molar-refractivity contribution is 6.14. The van der Waals surface area contributed by atoms with E-state index in [0.717, 1.165) is 0 Å². The topological polar surface area (TPSA) is 95.9 Å². The van der Waals surface area contributed by atoms with Gasteiger partial charge in [-0.3, -0.25) is 9.59 Å². The maximum absolute atomic E-state index is 13.1. The number of anilines is 1.